The molecule has 1 aliphatic heterocycles. The topological polar surface area (TPSA) is 92.3 Å². The van der Waals surface area contributed by atoms with Crippen LogP contribution in [0.3, 0.4) is 0 Å². The van der Waals surface area contributed by atoms with Gasteiger partial charge in [-0.3, -0.25) is 9.36 Å². The lowest BCUT2D eigenvalue weighted by Gasteiger charge is -2.36. The zero-order valence-electron chi connectivity index (χ0n) is 20.3. The van der Waals surface area contributed by atoms with Crippen LogP contribution in [-0.2, 0) is 13.2 Å². The smallest absolute Gasteiger partial charge is 0.399 e. The molecule has 0 spiro atoms. The van der Waals surface area contributed by atoms with Crippen LogP contribution in [0.5, 0.6) is 0 Å². The van der Waals surface area contributed by atoms with Gasteiger partial charge in [0.1, 0.15) is 5.82 Å². The van der Waals surface area contributed by atoms with Gasteiger partial charge in [0.2, 0.25) is 0 Å². The maximum absolute atomic E-state index is 13.3. The first-order chi connectivity index (χ1) is 16.5. The summed E-state index contributed by atoms with van der Waals surface area (Å²) in [5, 5.41) is 12.6. The fourth-order valence-electron chi connectivity index (χ4n) is 4.53. The third kappa shape index (κ3) is 4.90. The summed E-state index contributed by atoms with van der Waals surface area (Å²) in [6, 6.07) is 4.81. The number of benzene rings is 1. The van der Waals surface area contributed by atoms with Gasteiger partial charge in [-0.15, -0.1) is 5.10 Å². The minimum atomic E-state index is -4.51. The Morgan fingerprint density at radius 2 is 1.80 bits per heavy atom. The second kappa shape index (κ2) is 9.37. The van der Waals surface area contributed by atoms with Crippen LogP contribution >= 0.6 is 0 Å². The second-order valence-corrected chi connectivity index (χ2v) is 8.96. The molecular formula is C24H30F3N7O. The lowest BCUT2D eigenvalue weighted by molar-refractivity contribution is -0.137. The molecule has 1 atom stereocenters. The number of anilines is 3. The van der Waals surface area contributed by atoms with Crippen molar-refractivity contribution in [3.63, 3.8) is 0 Å². The van der Waals surface area contributed by atoms with Crippen molar-refractivity contribution in [1.29, 1.82) is 0 Å². The minimum absolute atomic E-state index is 0.0192. The number of pyridine rings is 1. The molecule has 0 bridgehead atoms. The fourth-order valence-corrected chi connectivity index (χ4v) is 4.53. The first-order valence-electron chi connectivity index (χ1n) is 11.6. The van der Waals surface area contributed by atoms with Crippen molar-refractivity contribution in [3.8, 4) is 0 Å². The van der Waals surface area contributed by atoms with Gasteiger partial charge in [-0.2, -0.15) is 18.3 Å². The molecule has 1 fully saturated rings. The van der Waals surface area contributed by atoms with E-state index in [1.54, 1.807) is 25.5 Å². The normalized spacial score (nSPS) is 16.0. The van der Waals surface area contributed by atoms with E-state index in [0.717, 1.165) is 50.7 Å². The maximum Gasteiger partial charge on any atom is 0.416 e. The zero-order valence-corrected chi connectivity index (χ0v) is 20.3. The van der Waals surface area contributed by atoms with E-state index in [9.17, 15) is 18.0 Å². The number of aryl methyl sites for hydroxylation is 1. The number of aromatic nitrogens is 3. The van der Waals surface area contributed by atoms with Crippen LogP contribution in [0.2, 0.25) is 0 Å². The standard InChI is InChI=1S/C24H30F3N7O/c1-5-33-6-8-34(9-7-33)20-13-19-21(23(35)32(20)4)15(3)30-31-22(19)29-14(2)16-10-17(24(25,26)27)12-18(28)11-16/h10-14H,5-9,28H2,1-4H3,(H,29,31). The van der Waals surface area contributed by atoms with Gasteiger partial charge in [0.05, 0.1) is 22.7 Å². The van der Waals surface area contributed by atoms with E-state index in [4.69, 9.17) is 5.73 Å². The van der Waals surface area contributed by atoms with E-state index in [1.807, 2.05) is 6.07 Å². The van der Waals surface area contributed by atoms with Crippen LogP contribution in [0.1, 0.15) is 36.7 Å². The number of hydrogen-bond donors (Lipinski definition) is 2. The Morgan fingerprint density at radius 1 is 1.11 bits per heavy atom. The Bertz CT molecular complexity index is 1300. The molecule has 0 aliphatic carbocycles. The summed E-state index contributed by atoms with van der Waals surface area (Å²) < 4.78 is 41.5. The summed E-state index contributed by atoms with van der Waals surface area (Å²) in [4.78, 5) is 17.8. The van der Waals surface area contributed by atoms with Crippen LogP contribution in [0.25, 0.3) is 10.8 Å². The van der Waals surface area contributed by atoms with Gasteiger partial charge < -0.3 is 20.9 Å². The number of nitrogens with one attached hydrogen (secondary N) is 1. The minimum Gasteiger partial charge on any atom is -0.399 e. The van der Waals surface area contributed by atoms with Crippen LogP contribution in [0, 0.1) is 6.92 Å². The van der Waals surface area contributed by atoms with Crippen molar-refractivity contribution < 1.29 is 13.2 Å². The van der Waals surface area contributed by atoms with E-state index in [2.05, 4.69) is 32.2 Å². The molecular weight excluding hydrogens is 459 g/mol. The van der Waals surface area contributed by atoms with E-state index in [0.29, 0.717) is 27.8 Å². The van der Waals surface area contributed by atoms with E-state index >= 15 is 0 Å². The van der Waals surface area contributed by atoms with Gasteiger partial charge in [0.15, 0.2) is 5.82 Å². The summed E-state index contributed by atoms with van der Waals surface area (Å²) in [5.41, 5.74) is 5.60. The highest BCUT2D eigenvalue weighted by molar-refractivity contribution is 5.94. The summed E-state index contributed by atoms with van der Waals surface area (Å²) >= 11 is 0. The summed E-state index contributed by atoms with van der Waals surface area (Å²) in [5.74, 6) is 1.10. The van der Waals surface area contributed by atoms with Gasteiger partial charge in [0, 0.05) is 44.3 Å². The summed E-state index contributed by atoms with van der Waals surface area (Å²) in [7, 11) is 1.74. The van der Waals surface area contributed by atoms with Crippen molar-refractivity contribution in [2.75, 3.05) is 48.7 Å². The monoisotopic (exact) mass is 489 g/mol. The second-order valence-electron chi connectivity index (χ2n) is 8.96. The molecule has 1 unspecified atom stereocenters. The van der Waals surface area contributed by atoms with Crippen molar-refractivity contribution in [3.05, 3.63) is 51.4 Å². The molecule has 35 heavy (non-hydrogen) atoms. The third-order valence-corrected chi connectivity index (χ3v) is 6.62. The Kier molecular flexibility index (Phi) is 6.63. The van der Waals surface area contributed by atoms with E-state index in [-0.39, 0.29) is 11.2 Å². The quantitative estimate of drug-likeness (QED) is 0.530. The molecule has 1 aromatic carbocycles. The Morgan fingerprint density at radius 3 is 2.43 bits per heavy atom. The largest absolute Gasteiger partial charge is 0.416 e. The maximum atomic E-state index is 13.3. The van der Waals surface area contributed by atoms with E-state index < -0.39 is 17.8 Å². The number of fused-ring (bicyclic) bond motifs is 1. The Hall–Kier alpha value is -3.34. The molecule has 0 saturated carbocycles. The lowest BCUT2D eigenvalue weighted by atomic mass is 10.0. The van der Waals surface area contributed by atoms with Crippen molar-refractivity contribution in [2.45, 2.75) is 33.0 Å². The van der Waals surface area contributed by atoms with Crippen LogP contribution in [0.4, 0.5) is 30.5 Å². The lowest BCUT2D eigenvalue weighted by Crippen LogP contribution is -2.47. The molecule has 8 nitrogen and oxygen atoms in total. The van der Waals surface area contributed by atoms with Crippen LogP contribution in [0.15, 0.2) is 29.1 Å². The number of alkyl halides is 3. The molecule has 0 radical (unpaired) electrons. The van der Waals surface area contributed by atoms with Gasteiger partial charge >= 0.3 is 6.18 Å². The number of halogens is 3. The molecule has 0 amide bonds. The fraction of sp³-hybridized carbons (Fsp3) is 0.458. The van der Waals surface area contributed by atoms with Gasteiger partial charge in [0.25, 0.3) is 5.56 Å². The SMILES string of the molecule is CCN1CCN(c2cc3c(NC(C)c4cc(N)cc(C(F)(F)F)c4)nnc(C)c3c(=O)n2C)CC1. The van der Waals surface area contributed by atoms with Crippen molar-refractivity contribution >= 4 is 28.1 Å². The van der Waals surface area contributed by atoms with Gasteiger partial charge in [-0.25, -0.2) is 0 Å². The van der Waals surface area contributed by atoms with Crippen molar-refractivity contribution in [2.24, 2.45) is 7.05 Å². The average Bonchev–Trinajstić information content (AvgIpc) is 2.81. The number of likely N-dealkylation sites (N-methyl/N-ethyl adjacent to an activating group) is 1. The number of rotatable bonds is 5. The molecule has 188 valence electrons. The predicted molar refractivity (Wildman–Crippen MR) is 132 cm³/mol. The van der Waals surface area contributed by atoms with Crippen LogP contribution in [-0.4, -0.2) is 52.4 Å². The molecule has 3 aromatic rings. The van der Waals surface area contributed by atoms with Crippen LogP contribution < -0.4 is 21.5 Å². The van der Waals surface area contributed by atoms with Gasteiger partial charge in [-0.05, 0) is 50.2 Å². The predicted octanol–water partition coefficient (Wildman–Crippen LogP) is 3.55. The molecule has 3 heterocycles. The Balaban J connectivity index is 1.75. The molecule has 11 heteroatoms. The highest BCUT2D eigenvalue weighted by Crippen LogP contribution is 2.34. The number of nitrogens with two attached hydrogens (primary N) is 1. The number of nitrogen functional groups attached to an aromatic ring is 1. The van der Waals surface area contributed by atoms with Crippen molar-refractivity contribution in [1.82, 2.24) is 19.7 Å². The van der Waals surface area contributed by atoms with E-state index in [1.165, 1.54) is 6.07 Å². The molecule has 2 aromatic heterocycles. The average molecular weight is 490 g/mol. The molecule has 1 aliphatic rings. The molecule has 1 saturated heterocycles. The first kappa shape index (κ1) is 24.8. The molecule has 3 N–H and O–H groups in total. The zero-order chi connectivity index (χ0) is 25.5. The highest BCUT2D eigenvalue weighted by Gasteiger charge is 2.31. The number of piperazine rings is 1. The Labute approximate surface area is 201 Å². The highest BCUT2D eigenvalue weighted by atomic mass is 19.4. The number of nitrogens with zero attached hydrogens (tertiary/aromatic N) is 5. The number of hydrogen-bond acceptors (Lipinski definition) is 7. The summed E-state index contributed by atoms with van der Waals surface area (Å²) in [6.07, 6.45) is -4.51. The third-order valence-electron chi connectivity index (χ3n) is 6.62. The van der Waals surface area contributed by atoms with Gasteiger partial charge in [-0.1, -0.05) is 6.92 Å². The first-order valence-corrected chi connectivity index (χ1v) is 11.6. The molecule has 4 rings (SSSR count). The summed E-state index contributed by atoms with van der Waals surface area (Å²) in [6.45, 7) is 9.90.